The monoisotopic (exact) mass is 557 g/mol. The molecule has 2 amide bonds. The van der Waals surface area contributed by atoms with Crippen LogP contribution in [0.15, 0.2) is 77.3 Å². The Labute approximate surface area is 217 Å². The fraction of sp³-hybridized carbons (Fsp3) is 0.160. The highest BCUT2D eigenvalue weighted by Gasteiger charge is 2.10. The number of ether oxygens (including phenoxy) is 3. The molecule has 3 N–H and O–H groups in total. The van der Waals surface area contributed by atoms with Crippen LogP contribution in [0, 0.1) is 6.92 Å². The molecule has 8 nitrogen and oxygen atoms in total. The van der Waals surface area contributed by atoms with Crippen LogP contribution in [0.1, 0.15) is 15.9 Å². The highest BCUT2D eigenvalue weighted by molar-refractivity contribution is 9.10. The summed E-state index contributed by atoms with van der Waals surface area (Å²) in [5.74, 6) is 1.05. The molecule has 0 aromatic heterocycles. The Morgan fingerprint density at radius 3 is 2.11 bits per heavy atom. The molecule has 0 atom stereocenters. The molecule has 35 heavy (non-hydrogen) atoms. The maximum absolute atomic E-state index is 12.4. The maximum Gasteiger partial charge on any atom is 0.276 e. The molecule has 0 aliphatic carbocycles. The number of nitrogens with one attached hydrogen (secondary N) is 3. The molecule has 3 rings (SSSR count). The minimum Gasteiger partial charge on any atom is -0.490 e. The summed E-state index contributed by atoms with van der Waals surface area (Å²) >= 11 is 8.46. The average Bonchev–Trinajstić information content (AvgIpc) is 2.87. The van der Waals surface area contributed by atoms with E-state index in [1.807, 2.05) is 49.4 Å². The zero-order chi connectivity index (χ0) is 25.0. The fourth-order valence-electron chi connectivity index (χ4n) is 2.76. The minimum absolute atomic E-state index is 0.0544. The van der Waals surface area contributed by atoms with Crippen LogP contribution in [-0.2, 0) is 4.79 Å². The first kappa shape index (κ1) is 26.0. The smallest absolute Gasteiger partial charge is 0.276 e. The second kappa shape index (κ2) is 13.3. The number of carbonyl (C=O) groups excluding carboxylic acids is 2. The molecule has 0 aliphatic rings. The molecule has 3 aromatic carbocycles. The van der Waals surface area contributed by atoms with E-state index in [-0.39, 0.29) is 11.7 Å². The zero-order valence-electron chi connectivity index (χ0n) is 18.9. The topological polar surface area (TPSA) is 97.9 Å². The van der Waals surface area contributed by atoms with Gasteiger partial charge in [-0.3, -0.25) is 25.8 Å². The normalized spacial score (nSPS) is 10.1. The molecular formula is C25H24BrN3O5S. The second-order valence-electron chi connectivity index (χ2n) is 7.19. The van der Waals surface area contributed by atoms with Crippen molar-refractivity contribution in [2.75, 3.05) is 19.8 Å². The van der Waals surface area contributed by atoms with E-state index in [4.69, 9.17) is 26.4 Å². The molecule has 3 aromatic rings. The van der Waals surface area contributed by atoms with Gasteiger partial charge in [-0.05, 0) is 79.3 Å². The molecule has 0 bridgehead atoms. The molecule has 10 heteroatoms. The second-order valence-corrected chi connectivity index (χ2v) is 8.45. The van der Waals surface area contributed by atoms with Crippen LogP contribution in [0.4, 0.5) is 0 Å². The van der Waals surface area contributed by atoms with Gasteiger partial charge in [0, 0.05) is 10.0 Å². The predicted octanol–water partition coefficient (Wildman–Crippen LogP) is 3.93. The lowest BCUT2D eigenvalue weighted by molar-refractivity contribution is -0.123. The third-order valence-electron chi connectivity index (χ3n) is 4.52. The summed E-state index contributed by atoms with van der Waals surface area (Å²) in [5, 5.41) is 2.43. The summed E-state index contributed by atoms with van der Waals surface area (Å²) < 4.78 is 17.6. The van der Waals surface area contributed by atoms with Crippen LogP contribution in [0.2, 0.25) is 0 Å². The van der Waals surface area contributed by atoms with Crippen molar-refractivity contribution in [3.63, 3.8) is 0 Å². The number of rotatable bonds is 9. The number of amides is 2. The molecule has 182 valence electrons. The highest BCUT2D eigenvalue weighted by atomic mass is 79.9. The van der Waals surface area contributed by atoms with E-state index in [2.05, 4.69) is 32.1 Å². The Morgan fingerprint density at radius 1 is 0.829 bits per heavy atom. The number of para-hydroxylation sites is 1. The predicted molar refractivity (Wildman–Crippen MR) is 140 cm³/mol. The molecule has 0 aliphatic heterocycles. The Hall–Kier alpha value is -3.63. The van der Waals surface area contributed by atoms with Crippen LogP contribution >= 0.6 is 28.1 Å². The number of hydrogen-bond acceptors (Lipinski definition) is 6. The van der Waals surface area contributed by atoms with Crippen LogP contribution in [-0.4, -0.2) is 36.7 Å². The molecule has 0 saturated carbocycles. The lowest BCUT2D eigenvalue weighted by atomic mass is 10.2. The third kappa shape index (κ3) is 8.91. The Morgan fingerprint density at radius 2 is 1.46 bits per heavy atom. The highest BCUT2D eigenvalue weighted by Crippen LogP contribution is 2.21. The molecule has 0 radical (unpaired) electrons. The van der Waals surface area contributed by atoms with Gasteiger partial charge in [0.2, 0.25) is 0 Å². The SMILES string of the molecule is Cc1cc(OCC(=O)NNC(=S)NC(=O)c2ccc(OCCOc3ccccc3)cc2)ccc1Br. The summed E-state index contributed by atoms with van der Waals surface area (Å²) in [6, 6.07) is 21.4. The lowest BCUT2D eigenvalue weighted by Gasteiger charge is -2.12. The van der Waals surface area contributed by atoms with Crippen molar-refractivity contribution in [1.29, 1.82) is 0 Å². The standard InChI is InChI=1S/C25H24BrN3O5S/c1-17-15-21(11-12-22(17)26)34-16-23(30)28-29-25(35)27-24(31)18-7-9-20(10-8-18)33-14-13-32-19-5-3-2-4-6-19/h2-12,15H,13-14,16H2,1H3,(H,28,30)(H2,27,29,31,35). The van der Waals surface area contributed by atoms with E-state index in [1.165, 1.54) is 0 Å². The Bertz CT molecular complexity index is 1160. The van der Waals surface area contributed by atoms with Gasteiger partial charge >= 0.3 is 0 Å². The summed E-state index contributed by atoms with van der Waals surface area (Å²) in [7, 11) is 0. The zero-order valence-corrected chi connectivity index (χ0v) is 21.3. The van der Waals surface area contributed by atoms with E-state index in [1.54, 1.807) is 30.3 Å². The van der Waals surface area contributed by atoms with Gasteiger partial charge in [0.05, 0.1) is 0 Å². The van der Waals surface area contributed by atoms with Crippen LogP contribution in [0.25, 0.3) is 0 Å². The van der Waals surface area contributed by atoms with Gasteiger partial charge in [0.1, 0.15) is 30.5 Å². The Balaban J connectivity index is 1.34. The number of benzene rings is 3. The van der Waals surface area contributed by atoms with Crippen LogP contribution < -0.4 is 30.4 Å². The summed E-state index contributed by atoms with van der Waals surface area (Å²) in [5.41, 5.74) is 6.21. The van der Waals surface area contributed by atoms with Gasteiger partial charge < -0.3 is 14.2 Å². The van der Waals surface area contributed by atoms with Gasteiger partial charge in [0.25, 0.3) is 11.8 Å². The largest absolute Gasteiger partial charge is 0.490 e. The maximum atomic E-state index is 12.4. The number of hydrazine groups is 1. The lowest BCUT2D eigenvalue weighted by Crippen LogP contribution is -2.49. The van der Waals surface area contributed by atoms with Crippen molar-refractivity contribution >= 4 is 45.1 Å². The van der Waals surface area contributed by atoms with Gasteiger partial charge in [-0.15, -0.1) is 0 Å². The number of thiocarbonyl (C=S) groups is 1. The number of carbonyl (C=O) groups is 2. The third-order valence-corrected chi connectivity index (χ3v) is 5.62. The van der Waals surface area contributed by atoms with E-state index in [0.717, 1.165) is 15.8 Å². The number of halogens is 1. The molecule has 0 spiro atoms. The summed E-state index contributed by atoms with van der Waals surface area (Å²) in [6.45, 7) is 2.45. The van der Waals surface area contributed by atoms with E-state index < -0.39 is 11.8 Å². The first-order valence-electron chi connectivity index (χ1n) is 10.6. The van der Waals surface area contributed by atoms with Crippen molar-refractivity contribution in [2.24, 2.45) is 0 Å². The van der Waals surface area contributed by atoms with Crippen LogP contribution in [0.3, 0.4) is 0 Å². The van der Waals surface area contributed by atoms with Gasteiger partial charge in [-0.1, -0.05) is 34.1 Å². The number of aryl methyl sites for hydroxylation is 1. The molecule has 0 fully saturated rings. The van der Waals surface area contributed by atoms with Crippen molar-refractivity contribution in [1.82, 2.24) is 16.2 Å². The quantitative estimate of drug-likeness (QED) is 0.208. The summed E-state index contributed by atoms with van der Waals surface area (Å²) in [4.78, 5) is 24.3. The minimum atomic E-state index is -0.458. The first-order chi connectivity index (χ1) is 16.9. The molecular weight excluding hydrogens is 534 g/mol. The van der Waals surface area contributed by atoms with Crippen molar-refractivity contribution in [3.8, 4) is 17.2 Å². The fourth-order valence-corrected chi connectivity index (χ4v) is 3.15. The van der Waals surface area contributed by atoms with Crippen LogP contribution in [0.5, 0.6) is 17.2 Å². The van der Waals surface area contributed by atoms with Gasteiger partial charge in [-0.25, -0.2) is 0 Å². The summed E-state index contributed by atoms with van der Waals surface area (Å²) in [6.07, 6.45) is 0. The van der Waals surface area contributed by atoms with E-state index in [9.17, 15) is 9.59 Å². The van der Waals surface area contributed by atoms with E-state index in [0.29, 0.717) is 30.3 Å². The average molecular weight is 558 g/mol. The Kier molecular flexibility index (Phi) is 9.88. The first-order valence-corrected chi connectivity index (χ1v) is 11.8. The molecule has 0 saturated heterocycles. The van der Waals surface area contributed by atoms with E-state index >= 15 is 0 Å². The van der Waals surface area contributed by atoms with Gasteiger partial charge in [-0.2, -0.15) is 0 Å². The molecule has 0 heterocycles. The van der Waals surface area contributed by atoms with Gasteiger partial charge in [0.15, 0.2) is 11.7 Å². The number of hydrogen-bond donors (Lipinski definition) is 3. The van der Waals surface area contributed by atoms with Crippen molar-refractivity contribution < 1.29 is 23.8 Å². The molecule has 0 unspecified atom stereocenters. The van der Waals surface area contributed by atoms with Crippen molar-refractivity contribution in [2.45, 2.75) is 6.92 Å². The van der Waals surface area contributed by atoms with Crippen molar-refractivity contribution in [3.05, 3.63) is 88.4 Å².